The van der Waals surface area contributed by atoms with Crippen molar-refractivity contribution in [2.75, 3.05) is 13.1 Å². The van der Waals surface area contributed by atoms with Crippen LogP contribution in [0.15, 0.2) is 28.7 Å². The lowest BCUT2D eigenvalue weighted by molar-refractivity contribution is -0.128. The van der Waals surface area contributed by atoms with Crippen LogP contribution in [-0.2, 0) is 4.79 Å². The summed E-state index contributed by atoms with van der Waals surface area (Å²) in [5, 5.41) is 9.56. The number of hydrogen-bond acceptors (Lipinski definition) is 2. The van der Waals surface area contributed by atoms with Crippen molar-refractivity contribution in [1.82, 2.24) is 4.90 Å². The zero-order valence-corrected chi connectivity index (χ0v) is 12.6. The van der Waals surface area contributed by atoms with E-state index < -0.39 is 0 Å². The number of carbonyl (C=O) groups is 1. The van der Waals surface area contributed by atoms with Gasteiger partial charge >= 0.3 is 0 Å². The molecule has 19 heavy (non-hydrogen) atoms. The van der Waals surface area contributed by atoms with Crippen LogP contribution in [0.4, 0.5) is 0 Å². The summed E-state index contributed by atoms with van der Waals surface area (Å²) in [6.45, 7) is 3.20. The van der Waals surface area contributed by atoms with Crippen LogP contribution in [0.1, 0.15) is 24.0 Å². The average Bonchev–Trinajstić information content (AvgIpc) is 2.37. The third-order valence-corrected chi connectivity index (χ3v) is 3.96. The first-order valence-electron chi connectivity index (χ1n) is 6.47. The number of carbonyl (C=O) groups excluding carboxylic acids is 1. The van der Waals surface area contributed by atoms with Crippen LogP contribution >= 0.6 is 15.9 Å². The Bertz CT molecular complexity index is 499. The highest BCUT2D eigenvalue weighted by Gasteiger charge is 2.20. The van der Waals surface area contributed by atoms with Crippen LogP contribution in [0.25, 0.3) is 6.08 Å². The molecule has 2 rings (SSSR count). The van der Waals surface area contributed by atoms with E-state index in [1.54, 1.807) is 11.0 Å². The fourth-order valence-electron chi connectivity index (χ4n) is 2.19. The maximum Gasteiger partial charge on any atom is 0.246 e. The molecule has 1 heterocycles. The van der Waals surface area contributed by atoms with Crippen LogP contribution in [0.5, 0.6) is 0 Å². The summed E-state index contributed by atoms with van der Waals surface area (Å²) in [6.07, 6.45) is 4.67. The number of β-amino-alcohol motifs (C(OH)–C–C–N with tert-alkyl or cyclic N) is 1. The maximum absolute atomic E-state index is 12.0. The highest BCUT2D eigenvalue weighted by molar-refractivity contribution is 9.10. The van der Waals surface area contributed by atoms with Gasteiger partial charge < -0.3 is 10.0 Å². The van der Waals surface area contributed by atoms with E-state index in [1.807, 2.05) is 31.2 Å². The van der Waals surface area contributed by atoms with E-state index in [-0.39, 0.29) is 12.0 Å². The lowest BCUT2D eigenvalue weighted by Crippen LogP contribution is -2.41. The lowest BCUT2D eigenvalue weighted by atomic mass is 10.1. The number of hydrogen-bond donors (Lipinski definition) is 1. The van der Waals surface area contributed by atoms with Crippen molar-refractivity contribution >= 4 is 27.9 Å². The Morgan fingerprint density at radius 1 is 1.53 bits per heavy atom. The third-order valence-electron chi connectivity index (χ3n) is 3.27. The fourth-order valence-corrected chi connectivity index (χ4v) is 2.81. The topological polar surface area (TPSA) is 40.5 Å². The largest absolute Gasteiger partial charge is 0.391 e. The standard InChI is InChI=1S/C15H18BrNO2/c1-11-4-5-12(14(16)9-11)6-7-15(19)17-8-2-3-13(18)10-17/h4-7,9,13,18H,2-3,8,10H2,1H3/b7-6+/t13-/m0/s1. The minimum atomic E-state index is -0.378. The van der Waals surface area contributed by atoms with Gasteiger partial charge in [-0.25, -0.2) is 0 Å². The maximum atomic E-state index is 12.0. The minimum Gasteiger partial charge on any atom is -0.391 e. The van der Waals surface area contributed by atoms with E-state index in [9.17, 15) is 9.90 Å². The molecule has 4 heteroatoms. The van der Waals surface area contributed by atoms with Gasteiger partial charge in [-0.1, -0.05) is 28.1 Å². The highest BCUT2D eigenvalue weighted by Crippen LogP contribution is 2.20. The number of benzene rings is 1. The summed E-state index contributed by atoms with van der Waals surface area (Å²) in [7, 11) is 0. The van der Waals surface area contributed by atoms with Crippen molar-refractivity contribution in [3.8, 4) is 0 Å². The zero-order valence-electron chi connectivity index (χ0n) is 11.0. The molecular weight excluding hydrogens is 306 g/mol. The second kappa shape index (κ2) is 6.35. The zero-order chi connectivity index (χ0) is 13.8. The van der Waals surface area contributed by atoms with Gasteiger partial charge in [0.05, 0.1) is 6.10 Å². The van der Waals surface area contributed by atoms with Gasteiger partial charge in [-0.15, -0.1) is 0 Å². The number of halogens is 1. The number of likely N-dealkylation sites (tertiary alicyclic amines) is 1. The first kappa shape index (κ1) is 14.3. The molecule has 1 aromatic rings. The number of piperidine rings is 1. The van der Waals surface area contributed by atoms with Gasteiger partial charge in [0.15, 0.2) is 0 Å². The normalized spacial score (nSPS) is 19.9. The molecule has 0 aromatic heterocycles. The number of rotatable bonds is 2. The molecule has 1 saturated heterocycles. The van der Waals surface area contributed by atoms with E-state index in [0.29, 0.717) is 6.54 Å². The van der Waals surface area contributed by atoms with Crippen molar-refractivity contribution in [2.45, 2.75) is 25.9 Å². The Kier molecular flexibility index (Phi) is 4.77. The van der Waals surface area contributed by atoms with E-state index in [1.165, 1.54) is 5.56 Å². The first-order chi connectivity index (χ1) is 9.06. The Morgan fingerprint density at radius 2 is 2.32 bits per heavy atom. The van der Waals surface area contributed by atoms with Crippen molar-refractivity contribution in [3.05, 3.63) is 39.9 Å². The summed E-state index contributed by atoms with van der Waals surface area (Å²) in [6, 6.07) is 6.02. The summed E-state index contributed by atoms with van der Waals surface area (Å²) in [5.41, 5.74) is 2.16. The molecule has 0 spiro atoms. The first-order valence-corrected chi connectivity index (χ1v) is 7.27. The van der Waals surface area contributed by atoms with Gasteiger partial charge in [-0.2, -0.15) is 0 Å². The van der Waals surface area contributed by atoms with Crippen molar-refractivity contribution in [2.24, 2.45) is 0 Å². The molecule has 1 aromatic carbocycles. The molecule has 0 unspecified atom stereocenters. The average molecular weight is 324 g/mol. The minimum absolute atomic E-state index is 0.0359. The molecule has 1 aliphatic heterocycles. The van der Waals surface area contributed by atoms with Gasteiger partial charge in [0.25, 0.3) is 0 Å². The summed E-state index contributed by atoms with van der Waals surface area (Å²) < 4.78 is 0.982. The molecular formula is C15H18BrNO2. The molecule has 1 N–H and O–H groups in total. The summed E-state index contributed by atoms with van der Waals surface area (Å²) in [4.78, 5) is 13.7. The molecule has 0 radical (unpaired) electrons. The predicted molar refractivity (Wildman–Crippen MR) is 79.7 cm³/mol. The predicted octanol–water partition coefficient (Wildman–Crippen LogP) is 2.75. The van der Waals surface area contributed by atoms with Gasteiger partial charge in [0.2, 0.25) is 5.91 Å². The molecule has 1 amide bonds. The van der Waals surface area contributed by atoms with Crippen molar-refractivity contribution in [1.29, 1.82) is 0 Å². The molecule has 1 fully saturated rings. The van der Waals surface area contributed by atoms with E-state index in [0.717, 1.165) is 29.4 Å². The molecule has 0 saturated carbocycles. The number of nitrogens with zero attached hydrogens (tertiary/aromatic N) is 1. The number of aryl methyl sites for hydroxylation is 1. The Balaban J connectivity index is 2.03. The SMILES string of the molecule is Cc1ccc(/C=C/C(=O)N2CCC[C@H](O)C2)c(Br)c1. The van der Waals surface area contributed by atoms with E-state index >= 15 is 0 Å². The Morgan fingerprint density at radius 3 is 3.00 bits per heavy atom. The smallest absolute Gasteiger partial charge is 0.246 e. The number of amides is 1. The second-order valence-electron chi connectivity index (χ2n) is 4.94. The number of aliphatic hydroxyl groups is 1. The van der Waals surface area contributed by atoms with Gasteiger partial charge in [-0.05, 0) is 43.0 Å². The van der Waals surface area contributed by atoms with Gasteiger partial charge in [0, 0.05) is 23.6 Å². The van der Waals surface area contributed by atoms with Crippen LogP contribution in [0, 0.1) is 6.92 Å². The van der Waals surface area contributed by atoms with E-state index in [2.05, 4.69) is 15.9 Å². The number of aliphatic hydroxyl groups excluding tert-OH is 1. The van der Waals surface area contributed by atoms with E-state index in [4.69, 9.17) is 0 Å². The molecule has 0 aliphatic carbocycles. The van der Waals surface area contributed by atoms with Crippen LogP contribution < -0.4 is 0 Å². The van der Waals surface area contributed by atoms with Crippen molar-refractivity contribution < 1.29 is 9.90 Å². The third kappa shape index (κ3) is 3.91. The molecule has 1 aliphatic rings. The monoisotopic (exact) mass is 323 g/mol. The molecule has 102 valence electrons. The molecule has 1 atom stereocenters. The van der Waals surface area contributed by atoms with Crippen LogP contribution in [0.2, 0.25) is 0 Å². The molecule has 0 bridgehead atoms. The summed E-state index contributed by atoms with van der Waals surface area (Å²) >= 11 is 3.49. The van der Waals surface area contributed by atoms with Crippen molar-refractivity contribution in [3.63, 3.8) is 0 Å². The van der Waals surface area contributed by atoms with Crippen LogP contribution in [0.3, 0.4) is 0 Å². The lowest BCUT2D eigenvalue weighted by Gasteiger charge is -2.29. The second-order valence-corrected chi connectivity index (χ2v) is 5.79. The molecule has 3 nitrogen and oxygen atoms in total. The van der Waals surface area contributed by atoms with Gasteiger partial charge in [-0.3, -0.25) is 4.79 Å². The highest BCUT2D eigenvalue weighted by atomic mass is 79.9. The quantitative estimate of drug-likeness (QED) is 0.850. The Labute approximate surface area is 122 Å². The Hall–Kier alpha value is -1.13. The summed E-state index contributed by atoms with van der Waals surface area (Å²) in [5.74, 6) is -0.0359. The van der Waals surface area contributed by atoms with Gasteiger partial charge in [0.1, 0.15) is 0 Å². The fraction of sp³-hybridized carbons (Fsp3) is 0.400. The van der Waals surface area contributed by atoms with Crippen LogP contribution in [-0.4, -0.2) is 35.1 Å².